The molecule has 1 fully saturated rings. The Balaban J connectivity index is 2.39. The molecule has 2 N–H and O–H groups in total. The first-order valence-electron chi connectivity index (χ1n) is 7.39. The number of halogens is 3. The molecule has 0 heterocycles. The highest BCUT2D eigenvalue weighted by Gasteiger charge is 2.42. The summed E-state index contributed by atoms with van der Waals surface area (Å²) in [7, 11) is 1.47. The minimum Gasteiger partial charge on any atom is -0.481 e. The molecule has 0 bridgehead atoms. The molecule has 0 aliphatic heterocycles. The smallest absolute Gasteiger partial charge is 0.391 e. The summed E-state index contributed by atoms with van der Waals surface area (Å²) in [6, 6.07) is -0.456. The fourth-order valence-electron chi connectivity index (χ4n) is 2.71. The van der Waals surface area contributed by atoms with Crippen LogP contribution in [0.3, 0.4) is 0 Å². The van der Waals surface area contributed by atoms with E-state index in [9.17, 15) is 22.8 Å². The van der Waals surface area contributed by atoms with E-state index in [0.717, 1.165) is 0 Å². The number of amides is 2. The predicted molar refractivity (Wildman–Crippen MR) is 74.3 cm³/mol. The number of carboxylic acid groups (broad SMARTS) is 1. The molecule has 1 aliphatic rings. The van der Waals surface area contributed by atoms with Gasteiger partial charge in [-0.3, -0.25) is 4.79 Å². The van der Waals surface area contributed by atoms with E-state index in [1.807, 2.05) is 0 Å². The minimum absolute atomic E-state index is 0.0407. The zero-order chi connectivity index (χ0) is 16.9. The highest BCUT2D eigenvalue weighted by Crippen LogP contribution is 2.39. The fourth-order valence-corrected chi connectivity index (χ4v) is 2.71. The maximum Gasteiger partial charge on any atom is 0.391 e. The maximum atomic E-state index is 12.7. The van der Waals surface area contributed by atoms with Gasteiger partial charge in [0, 0.05) is 20.1 Å². The number of rotatable bonds is 5. The van der Waals surface area contributed by atoms with Gasteiger partial charge in [0.2, 0.25) is 0 Å². The molecule has 1 aliphatic carbocycles. The van der Waals surface area contributed by atoms with Crippen LogP contribution in [0.15, 0.2) is 0 Å². The summed E-state index contributed by atoms with van der Waals surface area (Å²) >= 11 is 0. The highest BCUT2D eigenvalue weighted by atomic mass is 19.4. The molecule has 8 heteroatoms. The number of carbonyl (C=O) groups excluding carboxylic acids is 1. The number of hydrogen-bond donors (Lipinski definition) is 2. The maximum absolute atomic E-state index is 12.7. The van der Waals surface area contributed by atoms with Gasteiger partial charge in [-0.25, -0.2) is 4.79 Å². The fraction of sp³-hybridized carbons (Fsp3) is 0.857. The van der Waals surface area contributed by atoms with Gasteiger partial charge in [-0.2, -0.15) is 13.2 Å². The van der Waals surface area contributed by atoms with Crippen molar-refractivity contribution in [1.29, 1.82) is 0 Å². The molecule has 5 nitrogen and oxygen atoms in total. The van der Waals surface area contributed by atoms with Gasteiger partial charge in [0.15, 0.2) is 0 Å². The largest absolute Gasteiger partial charge is 0.481 e. The van der Waals surface area contributed by atoms with Crippen LogP contribution in [0.2, 0.25) is 0 Å². The van der Waals surface area contributed by atoms with Crippen molar-refractivity contribution in [3.05, 3.63) is 0 Å². The molecule has 2 amide bonds. The molecule has 0 aromatic rings. The Morgan fingerprint density at radius 3 is 2.55 bits per heavy atom. The number of alkyl halides is 3. The van der Waals surface area contributed by atoms with E-state index in [1.54, 1.807) is 0 Å². The van der Waals surface area contributed by atoms with Gasteiger partial charge < -0.3 is 15.3 Å². The average Bonchev–Trinajstić information content (AvgIpc) is 2.43. The van der Waals surface area contributed by atoms with Crippen LogP contribution in [0, 0.1) is 17.8 Å². The van der Waals surface area contributed by atoms with Crippen molar-refractivity contribution in [2.24, 2.45) is 17.8 Å². The molecule has 0 aromatic carbocycles. The summed E-state index contributed by atoms with van der Waals surface area (Å²) in [4.78, 5) is 23.8. The highest BCUT2D eigenvalue weighted by molar-refractivity contribution is 5.75. The van der Waals surface area contributed by atoms with Crippen molar-refractivity contribution < 1.29 is 27.9 Å². The molecule has 3 unspecified atom stereocenters. The zero-order valence-corrected chi connectivity index (χ0v) is 12.8. The number of carbonyl (C=O) groups is 2. The van der Waals surface area contributed by atoms with Crippen LogP contribution >= 0.6 is 0 Å². The van der Waals surface area contributed by atoms with Gasteiger partial charge in [0.25, 0.3) is 0 Å². The first kappa shape index (κ1) is 18.6. The molecule has 0 aromatic heterocycles. The first-order chi connectivity index (χ1) is 10.1. The van der Waals surface area contributed by atoms with Gasteiger partial charge >= 0.3 is 18.2 Å². The van der Waals surface area contributed by atoms with Gasteiger partial charge in [-0.15, -0.1) is 0 Å². The topological polar surface area (TPSA) is 69.6 Å². The van der Waals surface area contributed by atoms with Crippen LogP contribution in [0.25, 0.3) is 0 Å². The first-order valence-corrected chi connectivity index (χ1v) is 7.39. The van der Waals surface area contributed by atoms with Gasteiger partial charge in [0.05, 0.1) is 11.8 Å². The zero-order valence-electron chi connectivity index (χ0n) is 12.8. The Bertz CT molecular complexity index is 401. The Hall–Kier alpha value is -1.47. The molecule has 128 valence electrons. The normalized spacial score (nSPS) is 23.7. The standard InChI is InChI=1S/C14H23F3N2O3/c1-9(12(20)21)8-19(2)13(22)18-7-10-4-3-5-11(6-10)14(15,16)17/h9-11H,3-8H2,1-2H3,(H,18,22)(H,20,21). The molecule has 0 saturated heterocycles. The summed E-state index contributed by atoms with van der Waals surface area (Å²) < 4.78 is 38.1. The van der Waals surface area contributed by atoms with Crippen LogP contribution < -0.4 is 5.32 Å². The van der Waals surface area contributed by atoms with Gasteiger partial charge in [-0.1, -0.05) is 13.3 Å². The third kappa shape index (κ3) is 5.73. The van der Waals surface area contributed by atoms with Crippen LogP contribution in [-0.4, -0.2) is 48.3 Å². The molecule has 22 heavy (non-hydrogen) atoms. The van der Waals surface area contributed by atoms with Crippen LogP contribution in [0.5, 0.6) is 0 Å². The lowest BCUT2D eigenvalue weighted by Crippen LogP contribution is -2.43. The Morgan fingerprint density at radius 1 is 1.36 bits per heavy atom. The van der Waals surface area contributed by atoms with Crippen molar-refractivity contribution >= 4 is 12.0 Å². The van der Waals surface area contributed by atoms with E-state index in [-0.39, 0.29) is 31.8 Å². The molecule has 0 spiro atoms. The summed E-state index contributed by atoms with van der Waals surface area (Å²) in [6.07, 6.45) is -2.79. The number of hydrogen-bond acceptors (Lipinski definition) is 2. The summed E-state index contributed by atoms with van der Waals surface area (Å²) in [5, 5.41) is 11.4. The molecule has 3 atom stereocenters. The van der Waals surface area contributed by atoms with Crippen molar-refractivity contribution in [2.75, 3.05) is 20.1 Å². The van der Waals surface area contributed by atoms with E-state index < -0.39 is 30.0 Å². The van der Waals surface area contributed by atoms with E-state index in [0.29, 0.717) is 12.8 Å². The average molecular weight is 324 g/mol. The van der Waals surface area contributed by atoms with Crippen LogP contribution in [0.4, 0.5) is 18.0 Å². The van der Waals surface area contributed by atoms with Crippen molar-refractivity contribution in [2.45, 2.75) is 38.8 Å². The lowest BCUT2D eigenvalue weighted by Gasteiger charge is -2.31. The van der Waals surface area contributed by atoms with Crippen molar-refractivity contribution in [1.82, 2.24) is 10.2 Å². The van der Waals surface area contributed by atoms with Crippen LogP contribution in [0.1, 0.15) is 32.6 Å². The monoisotopic (exact) mass is 324 g/mol. The van der Waals surface area contributed by atoms with Crippen molar-refractivity contribution in [3.8, 4) is 0 Å². The molecular formula is C14H23F3N2O3. The molecule has 1 saturated carbocycles. The van der Waals surface area contributed by atoms with E-state index in [4.69, 9.17) is 5.11 Å². The predicted octanol–water partition coefficient (Wildman–Crippen LogP) is 2.72. The third-order valence-electron chi connectivity index (χ3n) is 4.10. The second kappa shape index (κ2) is 7.69. The number of aliphatic carboxylic acids is 1. The third-order valence-corrected chi connectivity index (χ3v) is 4.10. The van der Waals surface area contributed by atoms with Gasteiger partial charge in [0.1, 0.15) is 0 Å². The molecule has 1 rings (SSSR count). The summed E-state index contributed by atoms with van der Waals surface area (Å²) in [6.45, 7) is 1.73. The lowest BCUT2D eigenvalue weighted by atomic mass is 9.81. The van der Waals surface area contributed by atoms with Crippen molar-refractivity contribution in [3.63, 3.8) is 0 Å². The summed E-state index contributed by atoms with van der Waals surface area (Å²) in [5.74, 6) is -3.16. The number of nitrogens with one attached hydrogen (secondary N) is 1. The number of carboxylic acids is 1. The Labute approximate surface area is 127 Å². The lowest BCUT2D eigenvalue weighted by molar-refractivity contribution is -0.185. The SMILES string of the molecule is CC(CN(C)C(=O)NCC1CCCC(C(F)(F)F)C1)C(=O)O. The van der Waals surface area contributed by atoms with E-state index in [2.05, 4.69) is 5.32 Å². The second-order valence-electron chi connectivity index (χ2n) is 6.08. The quantitative estimate of drug-likeness (QED) is 0.817. The molecule has 0 radical (unpaired) electrons. The minimum atomic E-state index is -4.17. The number of urea groups is 1. The number of nitrogens with zero attached hydrogens (tertiary/aromatic N) is 1. The van der Waals surface area contributed by atoms with E-state index in [1.165, 1.54) is 18.9 Å². The van der Waals surface area contributed by atoms with E-state index >= 15 is 0 Å². The second-order valence-corrected chi connectivity index (χ2v) is 6.08. The van der Waals surface area contributed by atoms with Gasteiger partial charge in [-0.05, 0) is 25.2 Å². The Kier molecular flexibility index (Phi) is 6.49. The summed E-state index contributed by atoms with van der Waals surface area (Å²) in [5.41, 5.74) is 0. The molecular weight excluding hydrogens is 301 g/mol. The Morgan fingerprint density at radius 2 is 2.00 bits per heavy atom. The van der Waals surface area contributed by atoms with Crippen LogP contribution in [-0.2, 0) is 4.79 Å².